The number of halogens is 3. The first-order valence-corrected chi connectivity index (χ1v) is 8.28. The summed E-state index contributed by atoms with van der Waals surface area (Å²) >= 11 is 1.06. The molecule has 1 atom stereocenters. The van der Waals surface area contributed by atoms with Crippen LogP contribution in [0, 0.1) is 0 Å². The van der Waals surface area contributed by atoms with Crippen molar-refractivity contribution in [2.45, 2.75) is 18.3 Å². The van der Waals surface area contributed by atoms with Gasteiger partial charge in [-0.2, -0.15) is 23.3 Å². The van der Waals surface area contributed by atoms with E-state index < -0.39 is 18.3 Å². The number of para-hydroxylation sites is 1. The highest BCUT2D eigenvalue weighted by molar-refractivity contribution is 7.22. The minimum absolute atomic E-state index is 0.00644. The van der Waals surface area contributed by atoms with Gasteiger partial charge in [0, 0.05) is 0 Å². The number of hydrazone groups is 1. The molecule has 1 aliphatic heterocycles. The van der Waals surface area contributed by atoms with E-state index in [1.54, 1.807) is 54.6 Å². The maximum absolute atomic E-state index is 13.6. The second-order valence-corrected chi connectivity index (χ2v) is 6.69. The van der Waals surface area contributed by atoms with Crippen LogP contribution in [0.2, 0.25) is 0 Å². The molecule has 0 unspecified atom stereocenters. The number of benzene rings is 2. The van der Waals surface area contributed by atoms with Crippen LogP contribution in [-0.4, -0.2) is 27.7 Å². The minimum atomic E-state index is -4.88. The predicted octanol–water partition coefficient (Wildman–Crippen LogP) is 4.16. The van der Waals surface area contributed by atoms with Crippen molar-refractivity contribution in [3.05, 3.63) is 60.2 Å². The van der Waals surface area contributed by atoms with Gasteiger partial charge in [0.15, 0.2) is 0 Å². The number of nitrogens with zero attached hydrogens (tertiary/aromatic N) is 3. The van der Waals surface area contributed by atoms with E-state index in [1.165, 1.54) is 0 Å². The zero-order valence-corrected chi connectivity index (χ0v) is 13.6. The summed E-state index contributed by atoms with van der Waals surface area (Å²) in [5, 5.41) is 15.1. The van der Waals surface area contributed by atoms with Crippen LogP contribution in [0.3, 0.4) is 0 Å². The Kier molecular flexibility index (Phi) is 3.55. The molecule has 128 valence electrons. The first-order chi connectivity index (χ1) is 11.9. The van der Waals surface area contributed by atoms with Crippen molar-refractivity contribution in [3.63, 3.8) is 0 Å². The number of thiazole rings is 1. The Labute approximate surface area is 144 Å². The quantitative estimate of drug-likeness (QED) is 0.744. The van der Waals surface area contributed by atoms with Gasteiger partial charge in [0.25, 0.3) is 5.72 Å². The van der Waals surface area contributed by atoms with E-state index in [2.05, 4.69) is 10.1 Å². The molecule has 1 N–H and O–H groups in total. The third-order valence-electron chi connectivity index (χ3n) is 4.01. The normalized spacial score (nSPS) is 21.0. The first-order valence-electron chi connectivity index (χ1n) is 7.46. The lowest BCUT2D eigenvalue weighted by molar-refractivity contribution is -0.254. The van der Waals surface area contributed by atoms with Gasteiger partial charge in [0.1, 0.15) is 0 Å². The Morgan fingerprint density at radius 1 is 1.04 bits per heavy atom. The molecule has 1 aromatic heterocycles. The molecule has 0 amide bonds. The van der Waals surface area contributed by atoms with Crippen molar-refractivity contribution in [2.75, 3.05) is 5.01 Å². The van der Waals surface area contributed by atoms with Gasteiger partial charge < -0.3 is 5.11 Å². The number of aromatic nitrogens is 1. The predicted molar refractivity (Wildman–Crippen MR) is 90.7 cm³/mol. The molecule has 0 saturated carbocycles. The maximum Gasteiger partial charge on any atom is 0.438 e. The van der Waals surface area contributed by atoms with Gasteiger partial charge in [-0.15, -0.1) is 0 Å². The van der Waals surface area contributed by atoms with Crippen molar-refractivity contribution in [1.29, 1.82) is 0 Å². The highest BCUT2D eigenvalue weighted by Gasteiger charge is 2.62. The summed E-state index contributed by atoms with van der Waals surface area (Å²) in [6.07, 6.45) is -5.54. The summed E-state index contributed by atoms with van der Waals surface area (Å²) in [6, 6.07) is 15.5. The highest BCUT2D eigenvalue weighted by Crippen LogP contribution is 2.45. The van der Waals surface area contributed by atoms with Gasteiger partial charge in [0.2, 0.25) is 5.13 Å². The Balaban J connectivity index is 1.84. The lowest BCUT2D eigenvalue weighted by atomic mass is 10.0. The molecule has 3 aromatic rings. The number of hydrogen-bond acceptors (Lipinski definition) is 5. The number of hydrogen-bond donors (Lipinski definition) is 1. The summed E-state index contributed by atoms with van der Waals surface area (Å²) in [6.45, 7) is 0. The average molecular weight is 363 g/mol. The summed E-state index contributed by atoms with van der Waals surface area (Å²) in [5.41, 5.74) is -1.85. The van der Waals surface area contributed by atoms with E-state index in [1.807, 2.05) is 0 Å². The van der Waals surface area contributed by atoms with Crippen LogP contribution in [0.1, 0.15) is 12.0 Å². The zero-order valence-electron chi connectivity index (χ0n) is 12.7. The molecular weight excluding hydrogens is 351 g/mol. The van der Waals surface area contributed by atoms with Gasteiger partial charge in [-0.1, -0.05) is 53.8 Å². The fourth-order valence-corrected chi connectivity index (χ4v) is 3.69. The second-order valence-electron chi connectivity index (χ2n) is 5.68. The fraction of sp³-hybridized carbons (Fsp3) is 0.176. The second kappa shape index (κ2) is 5.53. The lowest BCUT2D eigenvalue weighted by Crippen LogP contribution is -2.55. The van der Waals surface area contributed by atoms with Crippen LogP contribution >= 0.6 is 11.3 Å². The van der Waals surface area contributed by atoms with Crippen molar-refractivity contribution in [2.24, 2.45) is 5.10 Å². The van der Waals surface area contributed by atoms with E-state index in [0.717, 1.165) is 16.0 Å². The summed E-state index contributed by atoms with van der Waals surface area (Å²) < 4.78 is 41.6. The minimum Gasteiger partial charge on any atom is -0.362 e. The third-order valence-corrected chi connectivity index (χ3v) is 5.02. The van der Waals surface area contributed by atoms with Gasteiger partial charge in [-0.3, -0.25) is 0 Å². The zero-order chi connectivity index (χ0) is 17.7. The van der Waals surface area contributed by atoms with Gasteiger partial charge >= 0.3 is 6.18 Å². The van der Waals surface area contributed by atoms with Crippen molar-refractivity contribution >= 4 is 32.4 Å². The summed E-state index contributed by atoms with van der Waals surface area (Å²) in [7, 11) is 0. The van der Waals surface area contributed by atoms with E-state index in [4.69, 9.17) is 0 Å². The van der Waals surface area contributed by atoms with E-state index >= 15 is 0 Å². The van der Waals surface area contributed by atoms with Crippen molar-refractivity contribution < 1.29 is 18.3 Å². The third kappa shape index (κ3) is 2.58. The molecule has 4 nitrogen and oxygen atoms in total. The number of rotatable bonds is 2. The Bertz CT molecular complexity index is 921. The van der Waals surface area contributed by atoms with Crippen molar-refractivity contribution in [3.8, 4) is 0 Å². The number of aliphatic hydroxyl groups is 1. The molecule has 0 fully saturated rings. The number of alkyl halides is 3. The van der Waals surface area contributed by atoms with Crippen LogP contribution in [0.5, 0.6) is 0 Å². The Morgan fingerprint density at radius 2 is 1.72 bits per heavy atom. The fourth-order valence-electron chi connectivity index (χ4n) is 2.71. The van der Waals surface area contributed by atoms with Gasteiger partial charge in [-0.25, -0.2) is 4.98 Å². The first kappa shape index (κ1) is 16.0. The molecular formula is C17H12F3N3OS. The number of fused-ring (bicyclic) bond motifs is 1. The van der Waals surface area contributed by atoms with E-state index in [-0.39, 0.29) is 10.8 Å². The molecule has 0 saturated heterocycles. The van der Waals surface area contributed by atoms with Crippen molar-refractivity contribution in [1.82, 2.24) is 4.98 Å². The van der Waals surface area contributed by atoms with Crippen LogP contribution in [0.4, 0.5) is 18.3 Å². The molecule has 2 heterocycles. The Hall–Kier alpha value is -2.45. The van der Waals surface area contributed by atoms with Gasteiger partial charge in [-0.05, 0) is 17.7 Å². The Morgan fingerprint density at radius 3 is 2.40 bits per heavy atom. The van der Waals surface area contributed by atoms with Crippen LogP contribution in [-0.2, 0) is 0 Å². The molecule has 0 radical (unpaired) electrons. The molecule has 8 heteroatoms. The van der Waals surface area contributed by atoms with Crippen LogP contribution in [0.25, 0.3) is 10.2 Å². The molecule has 0 bridgehead atoms. The molecule has 2 aromatic carbocycles. The molecule has 4 rings (SSSR count). The van der Waals surface area contributed by atoms with Crippen LogP contribution < -0.4 is 5.01 Å². The SMILES string of the molecule is O[C@]1(C(F)(F)F)CC(c2ccccc2)=NN1c1nc2ccccc2s1. The molecule has 1 aliphatic rings. The van der Waals surface area contributed by atoms with E-state index in [0.29, 0.717) is 16.1 Å². The largest absolute Gasteiger partial charge is 0.438 e. The topological polar surface area (TPSA) is 48.7 Å². The molecule has 0 spiro atoms. The number of anilines is 1. The average Bonchev–Trinajstić information content (AvgIpc) is 3.16. The lowest BCUT2D eigenvalue weighted by Gasteiger charge is -2.32. The molecule has 0 aliphatic carbocycles. The highest BCUT2D eigenvalue weighted by atomic mass is 32.1. The summed E-state index contributed by atoms with van der Waals surface area (Å²) in [5.74, 6) is 0. The van der Waals surface area contributed by atoms with Crippen LogP contribution in [0.15, 0.2) is 59.7 Å². The smallest absolute Gasteiger partial charge is 0.362 e. The monoisotopic (exact) mass is 363 g/mol. The molecule has 25 heavy (non-hydrogen) atoms. The van der Waals surface area contributed by atoms with E-state index in [9.17, 15) is 18.3 Å². The standard InChI is InChI=1S/C17H12F3N3OS/c18-17(19,20)16(24)10-13(11-6-2-1-3-7-11)22-23(16)15-21-12-8-4-5-9-14(12)25-15/h1-9,24H,10H2/t16-/m0/s1. The summed E-state index contributed by atoms with van der Waals surface area (Å²) in [4.78, 5) is 4.21. The van der Waals surface area contributed by atoms with Gasteiger partial charge in [0.05, 0.1) is 22.3 Å². The maximum atomic E-state index is 13.6.